The summed E-state index contributed by atoms with van der Waals surface area (Å²) in [4.78, 5) is 6.96. The Morgan fingerprint density at radius 2 is 1.78 bits per heavy atom. The number of aliphatic imine (C=N–C) groups is 1. The molecule has 0 N–H and O–H groups in total. The van der Waals surface area contributed by atoms with Gasteiger partial charge in [-0.05, 0) is 30.3 Å². The summed E-state index contributed by atoms with van der Waals surface area (Å²) in [6, 6.07) is 13.3. The molecule has 7 nitrogen and oxygen atoms in total. The number of piperazine rings is 1. The second-order valence-corrected chi connectivity index (χ2v) is 8.50. The summed E-state index contributed by atoms with van der Waals surface area (Å²) in [5, 5.41) is 0. The predicted octanol–water partition coefficient (Wildman–Crippen LogP) is 2.46. The van der Waals surface area contributed by atoms with Gasteiger partial charge < -0.3 is 14.4 Å². The van der Waals surface area contributed by atoms with Gasteiger partial charge in [0.25, 0.3) is 0 Å². The predicted molar refractivity (Wildman–Crippen MR) is 104 cm³/mol. The zero-order chi connectivity index (χ0) is 19.0. The van der Waals surface area contributed by atoms with Gasteiger partial charge in [0.2, 0.25) is 10.0 Å². The van der Waals surface area contributed by atoms with Crippen molar-refractivity contribution in [2.45, 2.75) is 0 Å². The summed E-state index contributed by atoms with van der Waals surface area (Å²) in [7, 11) is -1.56. The lowest BCUT2D eigenvalue weighted by molar-refractivity contribution is 0.267. The molecular weight excluding hydrogens is 366 g/mol. The van der Waals surface area contributed by atoms with Crippen molar-refractivity contribution in [1.82, 2.24) is 9.21 Å². The Morgan fingerprint density at radius 3 is 2.48 bits per heavy atom. The van der Waals surface area contributed by atoms with Gasteiger partial charge >= 0.3 is 0 Å². The summed E-state index contributed by atoms with van der Waals surface area (Å²) in [6.45, 7) is 1.98. The summed E-state index contributed by atoms with van der Waals surface area (Å²) < 4.78 is 36.6. The highest BCUT2D eigenvalue weighted by Gasteiger charge is 2.29. The number of sulfonamides is 1. The van der Waals surface area contributed by atoms with Crippen LogP contribution in [0, 0.1) is 0 Å². The molecule has 2 heterocycles. The fourth-order valence-corrected chi connectivity index (χ4v) is 4.13. The number of nitrogens with zero attached hydrogens (tertiary/aromatic N) is 3. The van der Waals surface area contributed by atoms with Gasteiger partial charge in [0.05, 0.1) is 18.9 Å². The van der Waals surface area contributed by atoms with Gasteiger partial charge in [0, 0.05) is 26.2 Å². The monoisotopic (exact) mass is 387 g/mol. The molecule has 27 heavy (non-hydrogen) atoms. The SMILES string of the molecule is COc1ccc2c(c1)C(N1CCN(S(C)(=O)=O)CC1)=Nc1ccccc1O2. The van der Waals surface area contributed by atoms with Crippen LogP contribution in [0.15, 0.2) is 47.5 Å². The molecule has 1 saturated heterocycles. The van der Waals surface area contributed by atoms with Gasteiger partial charge in [-0.2, -0.15) is 4.31 Å². The number of hydrogen-bond acceptors (Lipinski definition) is 6. The molecule has 0 aliphatic carbocycles. The molecule has 8 heteroatoms. The number of amidine groups is 1. The quantitative estimate of drug-likeness (QED) is 0.792. The Kier molecular flexibility index (Phi) is 4.53. The Labute approximate surface area is 158 Å². The molecule has 0 unspecified atom stereocenters. The molecule has 0 radical (unpaired) electrons. The zero-order valence-electron chi connectivity index (χ0n) is 15.3. The van der Waals surface area contributed by atoms with Crippen LogP contribution in [0.5, 0.6) is 17.2 Å². The van der Waals surface area contributed by atoms with Crippen molar-refractivity contribution in [1.29, 1.82) is 0 Å². The maximum atomic E-state index is 11.8. The van der Waals surface area contributed by atoms with E-state index in [-0.39, 0.29) is 0 Å². The molecule has 2 aliphatic rings. The Hall–Kier alpha value is -2.58. The van der Waals surface area contributed by atoms with Gasteiger partial charge in [0.1, 0.15) is 23.0 Å². The third kappa shape index (κ3) is 3.50. The number of ether oxygens (including phenoxy) is 2. The number of hydrogen-bond donors (Lipinski definition) is 0. The molecule has 0 amide bonds. The number of methoxy groups -OCH3 is 1. The number of rotatable bonds is 2. The van der Waals surface area contributed by atoms with Crippen LogP contribution in [0.3, 0.4) is 0 Å². The van der Waals surface area contributed by atoms with Crippen LogP contribution in [0.4, 0.5) is 5.69 Å². The second kappa shape index (κ2) is 6.86. The van der Waals surface area contributed by atoms with E-state index in [4.69, 9.17) is 14.5 Å². The summed E-state index contributed by atoms with van der Waals surface area (Å²) in [6.07, 6.45) is 1.25. The van der Waals surface area contributed by atoms with Crippen molar-refractivity contribution in [2.24, 2.45) is 4.99 Å². The van der Waals surface area contributed by atoms with Crippen molar-refractivity contribution < 1.29 is 17.9 Å². The molecule has 2 aromatic carbocycles. The maximum Gasteiger partial charge on any atom is 0.211 e. The first-order valence-electron chi connectivity index (χ1n) is 8.70. The van der Waals surface area contributed by atoms with E-state index in [2.05, 4.69) is 4.90 Å². The molecule has 1 fully saturated rings. The number of fused-ring (bicyclic) bond motifs is 2. The van der Waals surface area contributed by atoms with E-state index >= 15 is 0 Å². The fraction of sp³-hybridized carbons (Fsp3) is 0.316. The lowest BCUT2D eigenvalue weighted by Crippen LogP contribution is -2.50. The van der Waals surface area contributed by atoms with E-state index in [1.54, 1.807) is 7.11 Å². The van der Waals surface area contributed by atoms with Crippen LogP contribution < -0.4 is 9.47 Å². The largest absolute Gasteiger partial charge is 0.497 e. The van der Waals surface area contributed by atoms with E-state index in [1.807, 2.05) is 42.5 Å². The molecule has 0 saturated carbocycles. The van der Waals surface area contributed by atoms with Crippen LogP contribution in [0.25, 0.3) is 0 Å². The van der Waals surface area contributed by atoms with Crippen molar-refractivity contribution in [2.75, 3.05) is 39.5 Å². The van der Waals surface area contributed by atoms with Crippen LogP contribution in [0.2, 0.25) is 0 Å². The minimum absolute atomic E-state index is 0.430. The highest BCUT2D eigenvalue weighted by Crippen LogP contribution is 2.39. The van der Waals surface area contributed by atoms with Crippen LogP contribution in [-0.2, 0) is 10.0 Å². The summed E-state index contributed by atoms with van der Waals surface area (Å²) in [5.74, 6) is 2.87. The van der Waals surface area contributed by atoms with E-state index in [1.165, 1.54) is 10.6 Å². The normalized spacial score (nSPS) is 17.3. The van der Waals surface area contributed by atoms with E-state index < -0.39 is 10.0 Å². The highest BCUT2D eigenvalue weighted by molar-refractivity contribution is 7.88. The van der Waals surface area contributed by atoms with Gasteiger partial charge in [0.15, 0.2) is 5.75 Å². The Morgan fingerprint density at radius 1 is 1.04 bits per heavy atom. The minimum atomic E-state index is -3.18. The van der Waals surface area contributed by atoms with Crippen molar-refractivity contribution >= 4 is 21.5 Å². The third-order valence-electron chi connectivity index (χ3n) is 4.75. The van der Waals surface area contributed by atoms with Crippen LogP contribution in [-0.4, -0.2) is 63.0 Å². The number of benzene rings is 2. The molecule has 4 rings (SSSR count). The van der Waals surface area contributed by atoms with Gasteiger partial charge in [-0.15, -0.1) is 0 Å². The third-order valence-corrected chi connectivity index (χ3v) is 6.05. The lowest BCUT2D eigenvalue weighted by Gasteiger charge is -2.35. The van der Waals surface area contributed by atoms with Crippen molar-refractivity contribution in [3.63, 3.8) is 0 Å². The lowest BCUT2D eigenvalue weighted by atomic mass is 10.1. The molecule has 0 atom stereocenters. The Balaban J connectivity index is 1.75. The molecular formula is C19H21N3O4S. The fourth-order valence-electron chi connectivity index (χ4n) is 3.30. The van der Waals surface area contributed by atoms with E-state index in [0.717, 1.165) is 17.1 Å². The highest BCUT2D eigenvalue weighted by atomic mass is 32.2. The second-order valence-electron chi connectivity index (χ2n) is 6.52. The average molecular weight is 387 g/mol. The maximum absolute atomic E-state index is 11.8. The number of para-hydroxylation sites is 2. The van der Waals surface area contributed by atoms with Gasteiger partial charge in [-0.25, -0.2) is 13.4 Å². The van der Waals surface area contributed by atoms with Crippen LogP contribution >= 0.6 is 0 Å². The topological polar surface area (TPSA) is 71.4 Å². The Bertz CT molecular complexity index is 996. The van der Waals surface area contributed by atoms with E-state index in [9.17, 15) is 8.42 Å². The smallest absolute Gasteiger partial charge is 0.211 e. The first-order chi connectivity index (χ1) is 13.0. The molecule has 142 valence electrons. The standard InChI is InChI=1S/C19H21N3O4S/c1-25-14-7-8-17-15(13-14)19(20-16-5-3-4-6-18(16)26-17)21-9-11-22(12-10-21)27(2,23)24/h3-8,13H,9-12H2,1-2H3. The first kappa shape index (κ1) is 17.8. The molecule has 2 aliphatic heterocycles. The minimum Gasteiger partial charge on any atom is -0.497 e. The van der Waals surface area contributed by atoms with Crippen molar-refractivity contribution in [3.8, 4) is 17.2 Å². The van der Waals surface area contributed by atoms with Crippen molar-refractivity contribution in [3.05, 3.63) is 48.0 Å². The van der Waals surface area contributed by atoms with Gasteiger partial charge in [-0.1, -0.05) is 12.1 Å². The average Bonchev–Trinajstić information content (AvgIpc) is 2.83. The van der Waals surface area contributed by atoms with Crippen LogP contribution in [0.1, 0.15) is 5.56 Å². The summed E-state index contributed by atoms with van der Waals surface area (Å²) >= 11 is 0. The van der Waals surface area contributed by atoms with Gasteiger partial charge in [-0.3, -0.25) is 0 Å². The summed E-state index contributed by atoms with van der Waals surface area (Å²) in [5.41, 5.74) is 1.58. The molecule has 2 aromatic rings. The molecule has 0 spiro atoms. The molecule has 0 bridgehead atoms. The zero-order valence-corrected chi connectivity index (χ0v) is 16.1. The molecule has 0 aromatic heterocycles. The first-order valence-corrected chi connectivity index (χ1v) is 10.5. The van der Waals surface area contributed by atoms with E-state index in [0.29, 0.717) is 43.4 Å².